The lowest BCUT2D eigenvalue weighted by molar-refractivity contribution is 0.475. The first-order valence-corrected chi connectivity index (χ1v) is 4.63. The van der Waals surface area contributed by atoms with Gasteiger partial charge in [-0.15, -0.1) is 0 Å². The Balaban J connectivity index is 2.53. The molecule has 0 aliphatic heterocycles. The third-order valence-corrected chi connectivity index (χ3v) is 2.22. The highest BCUT2D eigenvalue weighted by Gasteiger charge is 2.02. The topological polar surface area (TPSA) is 76.9 Å². The number of H-pyrrole nitrogens is 1. The second kappa shape index (κ2) is 3.91. The van der Waals surface area contributed by atoms with E-state index in [-0.39, 0.29) is 11.3 Å². The summed E-state index contributed by atoms with van der Waals surface area (Å²) in [6.07, 6.45) is 1.54. The third kappa shape index (κ3) is 1.79. The molecule has 4 heteroatoms. The van der Waals surface area contributed by atoms with E-state index in [2.05, 4.69) is 4.98 Å². The maximum atomic E-state index is 11.2. The Morgan fingerprint density at radius 2 is 1.88 bits per heavy atom. The van der Waals surface area contributed by atoms with Crippen molar-refractivity contribution in [3.8, 4) is 22.9 Å². The number of nitriles is 1. The van der Waals surface area contributed by atoms with Gasteiger partial charge in [0.05, 0.1) is 0 Å². The third-order valence-electron chi connectivity index (χ3n) is 2.22. The number of phenolic OH excluding ortho intramolecular Hbond substituents is 1. The SMILES string of the molecule is N#Cc1cc(-c2ccc(O)cc2)c[nH]c1=O. The molecule has 1 aromatic heterocycles. The molecule has 0 saturated heterocycles. The van der Waals surface area contributed by atoms with Crippen LogP contribution in [-0.4, -0.2) is 10.1 Å². The minimum Gasteiger partial charge on any atom is -0.508 e. The molecule has 2 N–H and O–H groups in total. The van der Waals surface area contributed by atoms with Crippen molar-refractivity contribution >= 4 is 0 Å². The van der Waals surface area contributed by atoms with Gasteiger partial charge in [-0.05, 0) is 29.3 Å². The predicted octanol–water partition coefficient (Wildman–Crippen LogP) is 1.62. The van der Waals surface area contributed by atoms with E-state index in [1.807, 2.05) is 6.07 Å². The van der Waals surface area contributed by atoms with Crippen molar-refractivity contribution < 1.29 is 5.11 Å². The number of pyridine rings is 1. The lowest BCUT2D eigenvalue weighted by Gasteiger charge is -2.01. The van der Waals surface area contributed by atoms with E-state index >= 15 is 0 Å². The van der Waals surface area contributed by atoms with Gasteiger partial charge in [0.25, 0.3) is 5.56 Å². The Morgan fingerprint density at radius 1 is 1.19 bits per heavy atom. The van der Waals surface area contributed by atoms with Crippen LogP contribution in [-0.2, 0) is 0 Å². The van der Waals surface area contributed by atoms with E-state index in [0.717, 1.165) is 11.1 Å². The van der Waals surface area contributed by atoms with E-state index in [4.69, 9.17) is 10.4 Å². The number of nitrogens with zero attached hydrogens (tertiary/aromatic N) is 1. The van der Waals surface area contributed by atoms with E-state index < -0.39 is 5.56 Å². The maximum absolute atomic E-state index is 11.2. The first-order valence-electron chi connectivity index (χ1n) is 4.63. The van der Waals surface area contributed by atoms with Crippen LogP contribution in [0.4, 0.5) is 0 Å². The summed E-state index contributed by atoms with van der Waals surface area (Å²) in [6.45, 7) is 0. The van der Waals surface area contributed by atoms with Crippen LogP contribution >= 0.6 is 0 Å². The molecule has 0 bridgehead atoms. The minimum absolute atomic E-state index is 0.0746. The molecule has 0 saturated carbocycles. The molecule has 2 aromatic rings. The van der Waals surface area contributed by atoms with Crippen molar-refractivity contribution in [3.05, 3.63) is 52.4 Å². The van der Waals surface area contributed by atoms with E-state index in [0.29, 0.717) is 0 Å². The smallest absolute Gasteiger partial charge is 0.265 e. The van der Waals surface area contributed by atoms with Gasteiger partial charge >= 0.3 is 0 Å². The lowest BCUT2D eigenvalue weighted by atomic mass is 10.1. The average molecular weight is 212 g/mol. The Kier molecular flexibility index (Phi) is 2.44. The van der Waals surface area contributed by atoms with Gasteiger partial charge in [-0.3, -0.25) is 4.79 Å². The molecule has 0 atom stereocenters. The summed E-state index contributed by atoms with van der Waals surface area (Å²) in [5.74, 6) is 0.175. The number of nitrogens with one attached hydrogen (secondary N) is 1. The number of benzene rings is 1. The zero-order valence-electron chi connectivity index (χ0n) is 8.27. The van der Waals surface area contributed by atoms with Crippen molar-refractivity contribution in [2.75, 3.05) is 0 Å². The summed E-state index contributed by atoms with van der Waals surface area (Å²) in [6, 6.07) is 9.86. The van der Waals surface area contributed by atoms with Gasteiger partial charge in [0, 0.05) is 6.20 Å². The van der Waals surface area contributed by atoms with Gasteiger partial charge in [-0.2, -0.15) is 5.26 Å². The van der Waals surface area contributed by atoms with Gasteiger partial charge in [-0.1, -0.05) is 12.1 Å². The molecule has 2 rings (SSSR count). The van der Waals surface area contributed by atoms with Crippen LogP contribution in [0.25, 0.3) is 11.1 Å². The van der Waals surface area contributed by atoms with Crippen molar-refractivity contribution in [1.29, 1.82) is 5.26 Å². The fourth-order valence-electron chi connectivity index (χ4n) is 1.39. The van der Waals surface area contributed by atoms with Crippen molar-refractivity contribution in [1.82, 2.24) is 4.98 Å². The van der Waals surface area contributed by atoms with Crippen LogP contribution in [0.15, 0.2) is 41.3 Å². The van der Waals surface area contributed by atoms with Crippen LogP contribution in [0, 0.1) is 11.3 Å². The van der Waals surface area contributed by atoms with E-state index in [1.165, 1.54) is 12.3 Å². The summed E-state index contributed by atoms with van der Waals surface area (Å²) >= 11 is 0. The molecule has 0 spiro atoms. The Labute approximate surface area is 91.4 Å². The van der Waals surface area contributed by atoms with Gasteiger partial charge in [-0.25, -0.2) is 0 Å². The quantitative estimate of drug-likeness (QED) is 0.754. The molecule has 0 amide bonds. The molecule has 0 aliphatic carbocycles. The monoisotopic (exact) mass is 212 g/mol. The molecule has 0 unspecified atom stereocenters. The summed E-state index contributed by atoms with van der Waals surface area (Å²) < 4.78 is 0. The van der Waals surface area contributed by atoms with Crippen LogP contribution in [0.5, 0.6) is 5.75 Å². The van der Waals surface area contributed by atoms with Crippen molar-refractivity contribution in [2.24, 2.45) is 0 Å². The number of aromatic nitrogens is 1. The highest BCUT2D eigenvalue weighted by Crippen LogP contribution is 2.20. The number of aromatic amines is 1. The molecular weight excluding hydrogens is 204 g/mol. The summed E-state index contributed by atoms with van der Waals surface area (Å²) in [7, 11) is 0. The fraction of sp³-hybridized carbons (Fsp3) is 0. The number of rotatable bonds is 1. The van der Waals surface area contributed by atoms with Crippen molar-refractivity contribution in [3.63, 3.8) is 0 Å². The fourth-order valence-corrected chi connectivity index (χ4v) is 1.39. The van der Waals surface area contributed by atoms with E-state index in [1.54, 1.807) is 24.3 Å². The number of hydrogen-bond acceptors (Lipinski definition) is 3. The Morgan fingerprint density at radius 3 is 2.50 bits per heavy atom. The van der Waals surface area contributed by atoms with E-state index in [9.17, 15) is 4.79 Å². The molecule has 4 nitrogen and oxygen atoms in total. The van der Waals surface area contributed by atoms with Gasteiger partial charge in [0.2, 0.25) is 0 Å². The van der Waals surface area contributed by atoms with Gasteiger partial charge < -0.3 is 10.1 Å². The maximum Gasteiger partial charge on any atom is 0.265 e. The standard InChI is InChI=1S/C12H8N2O2/c13-6-9-5-10(7-14-12(9)16)8-1-3-11(15)4-2-8/h1-5,7,15H,(H,14,16). The van der Waals surface area contributed by atoms with Gasteiger partial charge in [0.1, 0.15) is 17.4 Å². The summed E-state index contributed by atoms with van der Waals surface area (Å²) in [5, 5.41) is 17.9. The summed E-state index contributed by atoms with van der Waals surface area (Å²) in [4.78, 5) is 13.7. The second-order valence-corrected chi connectivity index (χ2v) is 3.29. The summed E-state index contributed by atoms with van der Waals surface area (Å²) in [5.41, 5.74) is 1.23. The average Bonchev–Trinajstić information content (AvgIpc) is 2.31. The van der Waals surface area contributed by atoms with Gasteiger partial charge in [0.15, 0.2) is 0 Å². The first-order chi connectivity index (χ1) is 7.70. The van der Waals surface area contributed by atoms with Crippen molar-refractivity contribution in [2.45, 2.75) is 0 Å². The van der Waals surface area contributed by atoms with Crippen LogP contribution in [0.3, 0.4) is 0 Å². The molecule has 1 aromatic carbocycles. The largest absolute Gasteiger partial charge is 0.508 e. The highest BCUT2D eigenvalue weighted by molar-refractivity contribution is 5.64. The normalized spacial score (nSPS) is 9.69. The Bertz CT molecular complexity index is 606. The number of phenols is 1. The number of hydrogen-bond donors (Lipinski definition) is 2. The zero-order valence-corrected chi connectivity index (χ0v) is 8.27. The molecule has 0 radical (unpaired) electrons. The zero-order chi connectivity index (χ0) is 11.5. The molecule has 78 valence electrons. The molecule has 1 heterocycles. The van der Waals surface area contributed by atoms with Crippen LogP contribution in [0.2, 0.25) is 0 Å². The van der Waals surface area contributed by atoms with Crippen LogP contribution in [0.1, 0.15) is 5.56 Å². The lowest BCUT2D eigenvalue weighted by Crippen LogP contribution is -2.08. The number of aromatic hydroxyl groups is 1. The highest BCUT2D eigenvalue weighted by atomic mass is 16.3. The molecular formula is C12H8N2O2. The molecule has 16 heavy (non-hydrogen) atoms. The second-order valence-electron chi connectivity index (χ2n) is 3.29. The minimum atomic E-state index is -0.398. The molecule has 0 fully saturated rings. The first kappa shape index (κ1) is 9.99. The van der Waals surface area contributed by atoms with Crippen LogP contribution < -0.4 is 5.56 Å². The molecule has 0 aliphatic rings. The predicted molar refractivity (Wildman–Crippen MR) is 58.9 cm³/mol. The Hall–Kier alpha value is -2.54.